The second-order valence-electron chi connectivity index (χ2n) is 5.34. The summed E-state index contributed by atoms with van der Waals surface area (Å²) < 4.78 is 5.10. The maximum absolute atomic E-state index is 12.1. The third-order valence-corrected chi connectivity index (χ3v) is 3.23. The molecule has 0 aromatic heterocycles. The van der Waals surface area contributed by atoms with E-state index in [1.807, 2.05) is 0 Å². The summed E-state index contributed by atoms with van der Waals surface area (Å²) in [5.41, 5.74) is 1.35. The minimum atomic E-state index is -1.00. The lowest BCUT2D eigenvalue weighted by Crippen LogP contribution is -2.30. The van der Waals surface area contributed by atoms with Crippen LogP contribution in [0.1, 0.15) is 24.2 Å². The summed E-state index contributed by atoms with van der Waals surface area (Å²) in [7, 11) is 0. The van der Waals surface area contributed by atoms with Gasteiger partial charge in [-0.1, -0.05) is 0 Å². The van der Waals surface area contributed by atoms with Gasteiger partial charge < -0.3 is 20.5 Å². The molecule has 7 heteroatoms. The van der Waals surface area contributed by atoms with Crippen LogP contribution in [0.2, 0.25) is 0 Å². The number of hydrogen-bond donors (Lipinski definition) is 3. The Kier molecular flexibility index (Phi) is 5.73. The molecule has 0 bridgehead atoms. The van der Waals surface area contributed by atoms with Crippen molar-refractivity contribution in [2.24, 2.45) is 0 Å². The molecule has 2 aromatic carbocycles. The predicted molar refractivity (Wildman–Crippen MR) is 92.4 cm³/mol. The zero-order valence-corrected chi connectivity index (χ0v) is 13.8. The van der Waals surface area contributed by atoms with Crippen molar-refractivity contribution in [1.82, 2.24) is 0 Å². The lowest BCUT2D eigenvalue weighted by atomic mass is 10.2. The summed E-state index contributed by atoms with van der Waals surface area (Å²) in [4.78, 5) is 35.0. The van der Waals surface area contributed by atoms with Gasteiger partial charge in [-0.05, 0) is 55.5 Å². The molecule has 0 aliphatic rings. The Balaban J connectivity index is 1.92. The topological polar surface area (TPSA) is 105 Å². The van der Waals surface area contributed by atoms with Gasteiger partial charge in [-0.2, -0.15) is 0 Å². The minimum absolute atomic E-state index is 0.0325. The second-order valence-corrected chi connectivity index (χ2v) is 5.34. The van der Waals surface area contributed by atoms with Crippen LogP contribution in [-0.4, -0.2) is 29.0 Å². The van der Waals surface area contributed by atoms with Crippen molar-refractivity contribution in [1.29, 1.82) is 0 Å². The maximum Gasteiger partial charge on any atom is 0.338 e. The Hall–Kier alpha value is -3.35. The molecule has 0 fully saturated rings. The molecule has 0 aliphatic carbocycles. The molecule has 0 aliphatic heterocycles. The zero-order valence-electron chi connectivity index (χ0n) is 13.8. The highest BCUT2D eigenvalue weighted by atomic mass is 16.5. The Labute approximate surface area is 144 Å². The smallest absolute Gasteiger partial charge is 0.338 e. The molecule has 1 unspecified atom stereocenters. The molecule has 25 heavy (non-hydrogen) atoms. The summed E-state index contributed by atoms with van der Waals surface area (Å²) in [6.07, 6.45) is -1.00. The largest absolute Gasteiger partial charge is 0.508 e. The number of amides is 2. The number of phenols is 1. The third kappa shape index (κ3) is 5.35. The van der Waals surface area contributed by atoms with Crippen molar-refractivity contribution >= 4 is 29.2 Å². The van der Waals surface area contributed by atoms with Crippen molar-refractivity contribution in [3.63, 3.8) is 0 Å². The highest BCUT2D eigenvalue weighted by Gasteiger charge is 2.19. The zero-order chi connectivity index (χ0) is 18.4. The lowest BCUT2D eigenvalue weighted by molar-refractivity contribution is -0.123. The van der Waals surface area contributed by atoms with E-state index in [9.17, 15) is 19.5 Å². The molecule has 7 nitrogen and oxygen atoms in total. The molecular formula is C18H18N2O5. The quantitative estimate of drug-likeness (QED) is 0.724. The molecule has 2 rings (SSSR count). The van der Waals surface area contributed by atoms with Gasteiger partial charge in [-0.15, -0.1) is 0 Å². The standard InChI is InChI=1S/C18H18N2O5/c1-11(25-18(24)13-3-9-16(22)10-4-13)17(23)20-15-7-5-14(6-8-15)19-12(2)21/h3-11,22H,1-2H3,(H,19,21)(H,20,23). The van der Waals surface area contributed by atoms with Crippen molar-refractivity contribution in [3.05, 3.63) is 54.1 Å². The van der Waals surface area contributed by atoms with E-state index < -0.39 is 18.0 Å². The van der Waals surface area contributed by atoms with Crippen LogP contribution in [0.25, 0.3) is 0 Å². The van der Waals surface area contributed by atoms with E-state index >= 15 is 0 Å². The maximum atomic E-state index is 12.1. The van der Waals surface area contributed by atoms with Crippen LogP contribution in [0.3, 0.4) is 0 Å². The number of nitrogens with one attached hydrogen (secondary N) is 2. The van der Waals surface area contributed by atoms with Gasteiger partial charge in [0.1, 0.15) is 5.75 Å². The van der Waals surface area contributed by atoms with Gasteiger partial charge in [0.25, 0.3) is 5.91 Å². The molecule has 130 valence electrons. The van der Waals surface area contributed by atoms with E-state index in [1.54, 1.807) is 24.3 Å². The van der Waals surface area contributed by atoms with Crippen LogP contribution in [0, 0.1) is 0 Å². The van der Waals surface area contributed by atoms with Crippen molar-refractivity contribution in [2.75, 3.05) is 10.6 Å². The summed E-state index contributed by atoms with van der Waals surface area (Å²) in [5, 5.41) is 14.4. The molecule has 2 amide bonds. The summed E-state index contributed by atoms with van der Waals surface area (Å²) >= 11 is 0. The van der Waals surface area contributed by atoms with Crippen LogP contribution in [-0.2, 0) is 14.3 Å². The fourth-order valence-electron chi connectivity index (χ4n) is 1.96. The van der Waals surface area contributed by atoms with Crippen LogP contribution >= 0.6 is 0 Å². The van der Waals surface area contributed by atoms with Crippen LogP contribution in [0.5, 0.6) is 5.75 Å². The molecule has 3 N–H and O–H groups in total. The summed E-state index contributed by atoms with van der Waals surface area (Å²) in [6.45, 7) is 2.86. The number of benzene rings is 2. The molecule has 2 aromatic rings. The fraction of sp³-hybridized carbons (Fsp3) is 0.167. The number of ether oxygens (including phenoxy) is 1. The molecule has 0 saturated carbocycles. The van der Waals surface area contributed by atoms with Gasteiger partial charge in [0.05, 0.1) is 5.56 Å². The van der Waals surface area contributed by atoms with Crippen LogP contribution in [0.4, 0.5) is 11.4 Å². The van der Waals surface area contributed by atoms with Gasteiger partial charge in [-0.25, -0.2) is 4.79 Å². The summed E-state index contributed by atoms with van der Waals surface area (Å²) in [6, 6.07) is 12.1. The minimum Gasteiger partial charge on any atom is -0.508 e. The number of phenolic OH excluding ortho intramolecular Hbond substituents is 1. The highest BCUT2D eigenvalue weighted by molar-refractivity contribution is 5.97. The Morgan fingerprint density at radius 3 is 1.96 bits per heavy atom. The number of rotatable bonds is 5. The Morgan fingerprint density at radius 1 is 0.920 bits per heavy atom. The molecule has 0 saturated heterocycles. The number of aromatic hydroxyl groups is 1. The van der Waals surface area contributed by atoms with Gasteiger partial charge >= 0.3 is 5.97 Å². The third-order valence-electron chi connectivity index (χ3n) is 3.23. The van der Waals surface area contributed by atoms with Crippen molar-refractivity contribution < 1.29 is 24.2 Å². The SMILES string of the molecule is CC(=O)Nc1ccc(NC(=O)C(C)OC(=O)c2ccc(O)cc2)cc1. The Bertz CT molecular complexity index is 769. The average molecular weight is 342 g/mol. The van der Waals surface area contributed by atoms with Crippen LogP contribution < -0.4 is 10.6 Å². The summed E-state index contributed by atoms with van der Waals surface area (Å²) in [5.74, 6) is -1.31. The predicted octanol–water partition coefficient (Wildman–Crippen LogP) is 2.53. The van der Waals surface area contributed by atoms with E-state index in [4.69, 9.17) is 4.74 Å². The van der Waals surface area contributed by atoms with Crippen LogP contribution in [0.15, 0.2) is 48.5 Å². The first-order valence-electron chi connectivity index (χ1n) is 7.53. The van der Waals surface area contributed by atoms with Gasteiger partial charge in [0.15, 0.2) is 6.10 Å². The monoisotopic (exact) mass is 342 g/mol. The molecule has 0 heterocycles. The number of anilines is 2. The van der Waals surface area contributed by atoms with E-state index in [1.165, 1.54) is 38.1 Å². The number of hydrogen-bond acceptors (Lipinski definition) is 5. The second kappa shape index (κ2) is 7.96. The van der Waals surface area contributed by atoms with E-state index in [0.29, 0.717) is 11.4 Å². The first-order chi connectivity index (χ1) is 11.8. The highest BCUT2D eigenvalue weighted by Crippen LogP contribution is 2.15. The first-order valence-corrected chi connectivity index (χ1v) is 7.53. The number of carbonyl (C=O) groups is 3. The molecule has 0 radical (unpaired) electrons. The average Bonchev–Trinajstić information content (AvgIpc) is 2.56. The van der Waals surface area contributed by atoms with E-state index in [-0.39, 0.29) is 17.2 Å². The molecule has 0 spiro atoms. The number of carbonyl (C=O) groups excluding carboxylic acids is 3. The molecular weight excluding hydrogens is 324 g/mol. The van der Waals surface area contributed by atoms with Crippen molar-refractivity contribution in [3.8, 4) is 5.75 Å². The molecule has 1 atom stereocenters. The lowest BCUT2D eigenvalue weighted by Gasteiger charge is -2.14. The van der Waals surface area contributed by atoms with Gasteiger partial charge in [-0.3, -0.25) is 9.59 Å². The van der Waals surface area contributed by atoms with E-state index in [0.717, 1.165) is 0 Å². The Morgan fingerprint density at radius 2 is 1.44 bits per heavy atom. The van der Waals surface area contributed by atoms with Gasteiger partial charge in [0.2, 0.25) is 5.91 Å². The fourth-order valence-corrected chi connectivity index (χ4v) is 1.96. The van der Waals surface area contributed by atoms with Crippen molar-refractivity contribution in [2.45, 2.75) is 20.0 Å². The van der Waals surface area contributed by atoms with Gasteiger partial charge in [0, 0.05) is 18.3 Å². The first kappa shape index (κ1) is 18.0. The van der Waals surface area contributed by atoms with E-state index in [2.05, 4.69) is 10.6 Å². The normalized spacial score (nSPS) is 11.3. The number of esters is 1.